The normalized spacial score (nSPS) is 15.2. The van der Waals surface area contributed by atoms with Crippen molar-refractivity contribution in [1.82, 2.24) is 24.3 Å². The third kappa shape index (κ3) is 3.45. The number of aromatic nitrogens is 5. The molecule has 134 valence electrons. The molecule has 0 bridgehead atoms. The predicted molar refractivity (Wildman–Crippen MR) is 100 cm³/mol. The fraction of sp³-hybridized carbons (Fsp3) is 0.400. The molecule has 0 radical (unpaired) electrons. The largest absolute Gasteiger partial charge is 0.313 e. The van der Waals surface area contributed by atoms with Crippen LogP contribution in [-0.2, 0) is 13.0 Å². The van der Waals surface area contributed by atoms with Gasteiger partial charge in [-0.25, -0.2) is 14.6 Å². The summed E-state index contributed by atoms with van der Waals surface area (Å²) >= 11 is 0. The van der Waals surface area contributed by atoms with Crippen molar-refractivity contribution in [3.8, 4) is 16.9 Å². The first-order chi connectivity index (χ1) is 12.6. The molecule has 0 atom stereocenters. The maximum absolute atomic E-state index is 11.9. The van der Waals surface area contributed by atoms with Gasteiger partial charge in [-0.15, -0.1) is 0 Å². The van der Waals surface area contributed by atoms with E-state index in [-0.39, 0.29) is 5.56 Å². The van der Waals surface area contributed by atoms with Crippen LogP contribution in [0, 0.1) is 5.41 Å². The summed E-state index contributed by atoms with van der Waals surface area (Å²) in [5, 5.41) is 4.62. The van der Waals surface area contributed by atoms with E-state index < -0.39 is 0 Å². The molecule has 0 N–H and O–H groups in total. The van der Waals surface area contributed by atoms with Gasteiger partial charge < -0.3 is 4.57 Å². The van der Waals surface area contributed by atoms with E-state index in [0.717, 1.165) is 35.6 Å². The minimum absolute atomic E-state index is 0.0105. The summed E-state index contributed by atoms with van der Waals surface area (Å²) in [5.41, 5.74) is 3.00. The number of aryl methyl sites for hydroxylation is 1. The summed E-state index contributed by atoms with van der Waals surface area (Å²) in [4.78, 5) is 20.9. The first kappa shape index (κ1) is 16.7. The Labute approximate surface area is 152 Å². The Morgan fingerprint density at radius 3 is 2.62 bits per heavy atom. The number of rotatable bonds is 6. The van der Waals surface area contributed by atoms with Gasteiger partial charge in [0.2, 0.25) is 0 Å². The summed E-state index contributed by atoms with van der Waals surface area (Å²) in [7, 11) is 0. The van der Waals surface area contributed by atoms with Gasteiger partial charge in [-0.2, -0.15) is 5.10 Å². The molecule has 0 saturated heterocycles. The maximum Gasteiger partial charge on any atom is 0.250 e. The molecule has 3 aromatic heterocycles. The summed E-state index contributed by atoms with van der Waals surface area (Å²) in [6.07, 6.45) is 11.8. The fourth-order valence-corrected chi connectivity index (χ4v) is 3.04. The van der Waals surface area contributed by atoms with Crippen molar-refractivity contribution in [3.05, 3.63) is 59.2 Å². The molecule has 26 heavy (non-hydrogen) atoms. The van der Waals surface area contributed by atoms with E-state index in [0.29, 0.717) is 12.0 Å². The van der Waals surface area contributed by atoms with Crippen LogP contribution < -0.4 is 5.56 Å². The minimum atomic E-state index is 0.0105. The highest BCUT2D eigenvalue weighted by molar-refractivity contribution is 5.56. The van der Waals surface area contributed by atoms with Crippen molar-refractivity contribution in [2.24, 2.45) is 5.41 Å². The Hall–Kier alpha value is -2.76. The van der Waals surface area contributed by atoms with Crippen LogP contribution in [0.15, 0.2) is 47.8 Å². The van der Waals surface area contributed by atoms with E-state index in [4.69, 9.17) is 0 Å². The van der Waals surface area contributed by atoms with Crippen molar-refractivity contribution in [1.29, 1.82) is 0 Å². The molecule has 0 unspecified atom stereocenters. The predicted octanol–water partition coefficient (Wildman–Crippen LogP) is 3.24. The zero-order valence-corrected chi connectivity index (χ0v) is 15.2. The van der Waals surface area contributed by atoms with Gasteiger partial charge >= 0.3 is 0 Å². The van der Waals surface area contributed by atoms with Crippen molar-refractivity contribution < 1.29 is 0 Å². The molecule has 3 aromatic rings. The van der Waals surface area contributed by atoms with Gasteiger partial charge in [-0.1, -0.05) is 13.8 Å². The fourth-order valence-electron chi connectivity index (χ4n) is 3.04. The van der Waals surface area contributed by atoms with E-state index in [1.165, 1.54) is 12.8 Å². The highest BCUT2D eigenvalue weighted by Gasteiger charge is 2.37. The molecular weight excluding hydrogens is 326 g/mol. The average molecular weight is 349 g/mol. The van der Waals surface area contributed by atoms with Gasteiger partial charge in [0.1, 0.15) is 5.82 Å². The Bertz CT molecular complexity index is 966. The molecule has 6 heteroatoms. The molecule has 0 aliphatic heterocycles. The van der Waals surface area contributed by atoms with Gasteiger partial charge in [-0.05, 0) is 36.8 Å². The third-order valence-corrected chi connectivity index (χ3v) is 4.98. The molecule has 6 nitrogen and oxygen atoms in total. The van der Waals surface area contributed by atoms with Crippen LogP contribution in [0.5, 0.6) is 0 Å². The lowest BCUT2D eigenvalue weighted by molar-refractivity contribution is 0.550. The SMILES string of the molecule is CCCn1cc(-n2ccc(-c3cnc(CC4(C)CC4)nc3)n2)ccc1=O. The van der Waals surface area contributed by atoms with Crippen molar-refractivity contribution in [2.45, 2.75) is 46.1 Å². The van der Waals surface area contributed by atoms with Gasteiger partial charge in [0.25, 0.3) is 5.56 Å². The quantitative estimate of drug-likeness (QED) is 0.685. The smallest absolute Gasteiger partial charge is 0.250 e. The van der Waals surface area contributed by atoms with Crippen molar-refractivity contribution >= 4 is 0 Å². The van der Waals surface area contributed by atoms with Gasteiger partial charge in [-0.3, -0.25) is 4.79 Å². The van der Waals surface area contributed by atoms with Crippen LogP contribution in [0.2, 0.25) is 0 Å². The summed E-state index contributed by atoms with van der Waals surface area (Å²) in [5.74, 6) is 0.903. The maximum atomic E-state index is 11.9. The molecule has 1 aliphatic carbocycles. The molecule has 0 amide bonds. The number of hydrogen-bond donors (Lipinski definition) is 0. The average Bonchev–Trinajstić information content (AvgIpc) is 3.17. The van der Waals surface area contributed by atoms with E-state index in [1.54, 1.807) is 21.4 Å². The van der Waals surface area contributed by atoms with Crippen LogP contribution in [-0.4, -0.2) is 24.3 Å². The number of pyridine rings is 1. The third-order valence-electron chi connectivity index (χ3n) is 4.98. The van der Waals surface area contributed by atoms with Crippen LogP contribution in [0.4, 0.5) is 0 Å². The molecule has 1 saturated carbocycles. The number of hydrogen-bond acceptors (Lipinski definition) is 4. The van der Waals surface area contributed by atoms with Crippen molar-refractivity contribution in [2.75, 3.05) is 0 Å². The summed E-state index contributed by atoms with van der Waals surface area (Å²) in [6, 6.07) is 5.32. The topological polar surface area (TPSA) is 65.6 Å². The molecular formula is C20H23N5O. The molecule has 0 spiro atoms. The van der Waals surface area contributed by atoms with Gasteiger partial charge in [0.05, 0.1) is 11.4 Å². The van der Waals surface area contributed by atoms with E-state index in [9.17, 15) is 4.79 Å². The van der Waals surface area contributed by atoms with Crippen LogP contribution in [0.1, 0.15) is 38.9 Å². The van der Waals surface area contributed by atoms with Crippen LogP contribution >= 0.6 is 0 Å². The van der Waals surface area contributed by atoms with E-state index >= 15 is 0 Å². The van der Waals surface area contributed by atoms with Gasteiger partial charge in [0, 0.05) is 49.4 Å². The second-order valence-electron chi connectivity index (χ2n) is 7.44. The Morgan fingerprint density at radius 1 is 1.15 bits per heavy atom. The second kappa shape index (κ2) is 6.52. The zero-order chi connectivity index (χ0) is 18.1. The summed E-state index contributed by atoms with van der Waals surface area (Å²) < 4.78 is 3.49. The standard InChI is InChI=1S/C20H23N5O/c1-3-9-24-14-16(4-5-19(24)26)25-10-6-17(23-25)15-12-21-18(22-13-15)11-20(2)7-8-20/h4-6,10,12-14H,3,7-9,11H2,1-2H3. The highest BCUT2D eigenvalue weighted by Crippen LogP contribution is 2.47. The Kier molecular flexibility index (Phi) is 4.18. The lowest BCUT2D eigenvalue weighted by atomic mass is 10.1. The number of nitrogens with zero attached hydrogens (tertiary/aromatic N) is 5. The molecule has 0 aromatic carbocycles. The van der Waals surface area contributed by atoms with Gasteiger partial charge in [0.15, 0.2) is 0 Å². The molecule has 3 heterocycles. The molecule has 1 aliphatic rings. The monoisotopic (exact) mass is 349 g/mol. The Balaban J connectivity index is 1.56. The lowest BCUT2D eigenvalue weighted by Crippen LogP contribution is -2.19. The van der Waals surface area contributed by atoms with Crippen LogP contribution in [0.25, 0.3) is 16.9 Å². The zero-order valence-electron chi connectivity index (χ0n) is 15.2. The lowest BCUT2D eigenvalue weighted by Gasteiger charge is -2.07. The second-order valence-corrected chi connectivity index (χ2v) is 7.44. The van der Waals surface area contributed by atoms with E-state index in [2.05, 4.69) is 28.9 Å². The molecule has 4 rings (SSSR count). The first-order valence-electron chi connectivity index (χ1n) is 9.14. The summed E-state index contributed by atoms with van der Waals surface area (Å²) in [6.45, 7) is 5.04. The van der Waals surface area contributed by atoms with Crippen LogP contribution in [0.3, 0.4) is 0 Å². The minimum Gasteiger partial charge on any atom is -0.313 e. The van der Waals surface area contributed by atoms with Crippen molar-refractivity contribution in [3.63, 3.8) is 0 Å². The Morgan fingerprint density at radius 2 is 1.92 bits per heavy atom. The first-order valence-corrected chi connectivity index (χ1v) is 9.14. The van der Waals surface area contributed by atoms with E-state index in [1.807, 2.05) is 30.9 Å². The highest BCUT2D eigenvalue weighted by atomic mass is 16.1. The molecule has 1 fully saturated rings.